The number of anilines is 1. The second-order valence-electron chi connectivity index (χ2n) is 4.45. The van der Waals surface area contributed by atoms with Crippen molar-refractivity contribution in [2.75, 3.05) is 5.73 Å². The van der Waals surface area contributed by atoms with Crippen LogP contribution >= 0.6 is 0 Å². The molecule has 2 N–H and O–H groups in total. The summed E-state index contributed by atoms with van der Waals surface area (Å²) in [6.45, 7) is 2.03. The molecular weight excluding hydrogens is 250 g/mol. The lowest BCUT2D eigenvalue weighted by Gasteiger charge is -2.07. The van der Waals surface area contributed by atoms with Crippen LogP contribution in [0.2, 0.25) is 0 Å². The molecule has 20 heavy (non-hydrogen) atoms. The van der Waals surface area contributed by atoms with Crippen molar-refractivity contribution >= 4 is 5.82 Å². The molecule has 0 amide bonds. The van der Waals surface area contributed by atoms with Gasteiger partial charge in [-0.15, -0.1) is 0 Å². The van der Waals surface area contributed by atoms with E-state index in [9.17, 15) is 0 Å². The third-order valence-electron chi connectivity index (χ3n) is 3.22. The predicted octanol–water partition coefficient (Wildman–Crippen LogP) is 2.47. The zero-order chi connectivity index (χ0) is 13.9. The Hall–Kier alpha value is -2.69. The first kappa shape index (κ1) is 12.3. The number of hydrogen-bond donors (Lipinski definition) is 1. The Morgan fingerprint density at radius 3 is 2.65 bits per heavy atom. The molecule has 0 spiro atoms. The van der Waals surface area contributed by atoms with E-state index in [1.165, 1.54) is 6.33 Å². The predicted molar refractivity (Wildman–Crippen MR) is 78.4 cm³/mol. The molecule has 100 valence electrons. The molecule has 0 aliphatic carbocycles. The van der Waals surface area contributed by atoms with E-state index in [4.69, 9.17) is 5.73 Å². The SMILES string of the molecule is CCc1c(N)ncnc1-n1cc(-c2ccccc2)cn1. The first-order valence-corrected chi connectivity index (χ1v) is 6.49. The molecule has 0 atom stereocenters. The molecular formula is C15H15N5. The van der Waals surface area contributed by atoms with E-state index in [1.807, 2.05) is 37.5 Å². The summed E-state index contributed by atoms with van der Waals surface area (Å²) in [5.41, 5.74) is 8.98. The van der Waals surface area contributed by atoms with E-state index in [0.717, 1.165) is 28.9 Å². The molecule has 3 aromatic rings. The molecule has 2 aromatic heterocycles. The van der Waals surface area contributed by atoms with Gasteiger partial charge in [0.15, 0.2) is 5.82 Å². The van der Waals surface area contributed by atoms with Crippen molar-refractivity contribution in [2.45, 2.75) is 13.3 Å². The molecule has 2 heterocycles. The molecule has 0 unspecified atom stereocenters. The molecule has 0 saturated heterocycles. The minimum absolute atomic E-state index is 0.509. The van der Waals surface area contributed by atoms with Crippen LogP contribution in [0, 0.1) is 0 Å². The minimum Gasteiger partial charge on any atom is -0.383 e. The highest BCUT2D eigenvalue weighted by Gasteiger charge is 2.11. The van der Waals surface area contributed by atoms with Gasteiger partial charge in [-0.3, -0.25) is 0 Å². The lowest BCUT2D eigenvalue weighted by molar-refractivity contribution is 0.820. The molecule has 0 saturated carbocycles. The van der Waals surface area contributed by atoms with Gasteiger partial charge < -0.3 is 5.73 Å². The summed E-state index contributed by atoms with van der Waals surface area (Å²) in [4.78, 5) is 8.32. The quantitative estimate of drug-likeness (QED) is 0.789. The number of nitrogens with two attached hydrogens (primary N) is 1. The molecule has 0 aliphatic rings. The van der Waals surface area contributed by atoms with E-state index >= 15 is 0 Å². The average molecular weight is 265 g/mol. The molecule has 1 aromatic carbocycles. The Morgan fingerprint density at radius 2 is 1.90 bits per heavy atom. The summed E-state index contributed by atoms with van der Waals surface area (Å²) < 4.78 is 1.75. The fraction of sp³-hybridized carbons (Fsp3) is 0.133. The highest BCUT2D eigenvalue weighted by molar-refractivity contribution is 5.62. The van der Waals surface area contributed by atoms with Gasteiger partial charge in [0.05, 0.1) is 6.20 Å². The van der Waals surface area contributed by atoms with Crippen LogP contribution in [0.5, 0.6) is 0 Å². The fourth-order valence-electron chi connectivity index (χ4n) is 2.17. The number of aromatic nitrogens is 4. The van der Waals surface area contributed by atoms with Gasteiger partial charge >= 0.3 is 0 Å². The van der Waals surface area contributed by atoms with Crippen LogP contribution < -0.4 is 5.73 Å². The van der Waals surface area contributed by atoms with Crippen LogP contribution in [0.3, 0.4) is 0 Å². The third-order valence-corrected chi connectivity index (χ3v) is 3.22. The molecule has 5 nitrogen and oxygen atoms in total. The van der Waals surface area contributed by atoms with Crippen LogP contribution in [0.4, 0.5) is 5.82 Å². The smallest absolute Gasteiger partial charge is 0.161 e. The number of rotatable bonds is 3. The standard InChI is InChI=1S/C15H15N5/c1-2-13-14(16)17-10-18-15(13)20-9-12(8-19-20)11-6-4-3-5-7-11/h3-10H,2H2,1H3,(H2,16,17,18). The average Bonchev–Trinajstić information content (AvgIpc) is 2.97. The second-order valence-corrected chi connectivity index (χ2v) is 4.45. The monoisotopic (exact) mass is 265 g/mol. The summed E-state index contributed by atoms with van der Waals surface area (Å²) in [7, 11) is 0. The van der Waals surface area contributed by atoms with Crippen LogP contribution in [0.1, 0.15) is 12.5 Å². The normalized spacial score (nSPS) is 10.7. The van der Waals surface area contributed by atoms with Crippen molar-refractivity contribution in [3.05, 3.63) is 54.6 Å². The summed E-state index contributed by atoms with van der Waals surface area (Å²) in [6.07, 6.45) is 6.01. The molecule has 0 aliphatic heterocycles. The van der Waals surface area contributed by atoms with Gasteiger partial charge in [0.1, 0.15) is 12.1 Å². The lowest BCUT2D eigenvalue weighted by atomic mass is 10.1. The fourth-order valence-corrected chi connectivity index (χ4v) is 2.17. The highest BCUT2D eigenvalue weighted by atomic mass is 15.3. The maximum absolute atomic E-state index is 5.89. The third kappa shape index (κ3) is 2.14. The van der Waals surface area contributed by atoms with Crippen LogP contribution in [-0.2, 0) is 6.42 Å². The van der Waals surface area contributed by atoms with E-state index in [0.29, 0.717) is 5.82 Å². The number of nitrogen functional groups attached to an aromatic ring is 1. The Balaban J connectivity index is 2.05. The lowest BCUT2D eigenvalue weighted by Crippen LogP contribution is -2.07. The maximum Gasteiger partial charge on any atom is 0.161 e. The van der Waals surface area contributed by atoms with E-state index in [1.54, 1.807) is 4.68 Å². The van der Waals surface area contributed by atoms with Gasteiger partial charge in [0, 0.05) is 17.3 Å². The topological polar surface area (TPSA) is 69.6 Å². The van der Waals surface area contributed by atoms with E-state index in [-0.39, 0.29) is 0 Å². The van der Waals surface area contributed by atoms with Crippen molar-refractivity contribution in [2.24, 2.45) is 0 Å². The first-order chi connectivity index (χ1) is 9.79. The van der Waals surface area contributed by atoms with Gasteiger partial charge in [-0.2, -0.15) is 5.10 Å². The molecule has 0 bridgehead atoms. The van der Waals surface area contributed by atoms with Crippen molar-refractivity contribution < 1.29 is 0 Å². The van der Waals surface area contributed by atoms with Crippen molar-refractivity contribution in [1.29, 1.82) is 0 Å². The summed E-state index contributed by atoms with van der Waals surface area (Å²) in [6, 6.07) is 10.1. The summed E-state index contributed by atoms with van der Waals surface area (Å²) in [5, 5.41) is 4.38. The molecule has 0 radical (unpaired) electrons. The number of benzene rings is 1. The summed E-state index contributed by atoms with van der Waals surface area (Å²) in [5.74, 6) is 1.25. The number of nitrogens with zero attached hydrogens (tertiary/aromatic N) is 4. The van der Waals surface area contributed by atoms with E-state index < -0.39 is 0 Å². The largest absolute Gasteiger partial charge is 0.383 e. The van der Waals surface area contributed by atoms with Crippen LogP contribution in [0.15, 0.2) is 49.1 Å². The van der Waals surface area contributed by atoms with Crippen LogP contribution in [0.25, 0.3) is 16.9 Å². The Morgan fingerprint density at radius 1 is 1.10 bits per heavy atom. The summed E-state index contributed by atoms with van der Waals surface area (Å²) >= 11 is 0. The Kier molecular flexibility index (Phi) is 3.16. The van der Waals surface area contributed by atoms with Crippen molar-refractivity contribution in [1.82, 2.24) is 19.7 Å². The van der Waals surface area contributed by atoms with Crippen molar-refractivity contribution in [3.63, 3.8) is 0 Å². The second kappa shape index (κ2) is 5.13. The maximum atomic E-state index is 5.89. The van der Waals surface area contributed by atoms with Gasteiger partial charge in [-0.1, -0.05) is 37.3 Å². The van der Waals surface area contributed by atoms with Crippen LogP contribution in [-0.4, -0.2) is 19.7 Å². The molecule has 5 heteroatoms. The zero-order valence-electron chi connectivity index (χ0n) is 11.2. The zero-order valence-corrected chi connectivity index (χ0v) is 11.2. The molecule has 3 rings (SSSR count). The number of hydrogen-bond acceptors (Lipinski definition) is 4. The van der Waals surface area contributed by atoms with Gasteiger partial charge in [-0.05, 0) is 12.0 Å². The van der Waals surface area contributed by atoms with Gasteiger partial charge in [0.25, 0.3) is 0 Å². The van der Waals surface area contributed by atoms with Crippen molar-refractivity contribution in [3.8, 4) is 16.9 Å². The highest BCUT2D eigenvalue weighted by Crippen LogP contribution is 2.21. The minimum atomic E-state index is 0.509. The Bertz CT molecular complexity index is 718. The van der Waals surface area contributed by atoms with Gasteiger partial charge in [-0.25, -0.2) is 14.6 Å². The van der Waals surface area contributed by atoms with Gasteiger partial charge in [0.2, 0.25) is 0 Å². The Labute approximate surface area is 117 Å². The first-order valence-electron chi connectivity index (χ1n) is 6.49. The van der Waals surface area contributed by atoms with E-state index in [2.05, 4.69) is 27.2 Å². The molecule has 0 fully saturated rings.